The van der Waals surface area contributed by atoms with E-state index in [-0.39, 0.29) is 5.56 Å². The van der Waals surface area contributed by atoms with Gasteiger partial charge in [0.15, 0.2) is 6.29 Å². The number of aldehydes is 1. The number of hydrogen-bond donors (Lipinski definition) is 0. The molecular formula is C10H5BrFNO. The molecule has 2 nitrogen and oxygen atoms in total. The largest absolute Gasteiger partial charge is 0.298 e. The summed E-state index contributed by atoms with van der Waals surface area (Å²) in [7, 11) is 0. The van der Waals surface area contributed by atoms with E-state index in [9.17, 15) is 9.18 Å². The number of halogens is 2. The standard InChI is InChI=1S/C10H5BrFNO/c11-8-4-9(12)7(5-14)10-6(8)2-1-3-13-10/h1-5H. The fourth-order valence-corrected chi connectivity index (χ4v) is 1.83. The Bertz CT molecular complexity index is 513. The van der Waals surface area contributed by atoms with Crippen molar-refractivity contribution in [2.45, 2.75) is 0 Å². The van der Waals surface area contributed by atoms with Crippen LogP contribution in [0.15, 0.2) is 28.9 Å². The molecule has 2 aromatic rings. The minimum Gasteiger partial charge on any atom is -0.298 e. The van der Waals surface area contributed by atoms with Gasteiger partial charge < -0.3 is 0 Å². The highest BCUT2D eigenvalue weighted by molar-refractivity contribution is 9.10. The van der Waals surface area contributed by atoms with E-state index < -0.39 is 5.82 Å². The van der Waals surface area contributed by atoms with E-state index in [2.05, 4.69) is 20.9 Å². The van der Waals surface area contributed by atoms with E-state index in [0.717, 1.165) is 5.39 Å². The number of carbonyl (C=O) groups excluding carboxylic acids is 1. The fraction of sp³-hybridized carbons (Fsp3) is 0. The van der Waals surface area contributed by atoms with Crippen LogP contribution in [0.1, 0.15) is 10.4 Å². The number of fused-ring (bicyclic) bond motifs is 1. The number of nitrogens with zero attached hydrogens (tertiary/aromatic N) is 1. The van der Waals surface area contributed by atoms with Gasteiger partial charge in [-0.15, -0.1) is 0 Å². The molecule has 1 heterocycles. The van der Waals surface area contributed by atoms with Gasteiger partial charge in [-0.3, -0.25) is 9.78 Å². The summed E-state index contributed by atoms with van der Waals surface area (Å²) in [6.45, 7) is 0. The van der Waals surface area contributed by atoms with Crippen molar-refractivity contribution in [2.75, 3.05) is 0 Å². The first kappa shape index (κ1) is 9.27. The number of hydrogen-bond acceptors (Lipinski definition) is 2. The lowest BCUT2D eigenvalue weighted by Gasteiger charge is -2.03. The van der Waals surface area contributed by atoms with Crippen molar-refractivity contribution < 1.29 is 9.18 Å². The molecule has 0 saturated carbocycles. The molecule has 0 aliphatic heterocycles. The highest BCUT2D eigenvalue weighted by Crippen LogP contribution is 2.26. The first-order chi connectivity index (χ1) is 6.74. The van der Waals surface area contributed by atoms with Crippen LogP contribution >= 0.6 is 15.9 Å². The number of carbonyl (C=O) groups is 1. The molecule has 1 aromatic carbocycles. The summed E-state index contributed by atoms with van der Waals surface area (Å²) in [4.78, 5) is 14.6. The zero-order valence-corrected chi connectivity index (χ0v) is 8.58. The second-order valence-corrected chi connectivity index (χ2v) is 3.63. The van der Waals surface area contributed by atoms with Crippen molar-refractivity contribution in [3.63, 3.8) is 0 Å². The third-order valence-electron chi connectivity index (χ3n) is 1.95. The summed E-state index contributed by atoms with van der Waals surface area (Å²) in [6, 6.07) is 4.78. The summed E-state index contributed by atoms with van der Waals surface area (Å²) in [5, 5.41) is 0.732. The van der Waals surface area contributed by atoms with Crippen LogP contribution in [0.25, 0.3) is 10.9 Å². The Morgan fingerprint density at radius 3 is 3.00 bits per heavy atom. The molecule has 0 aliphatic carbocycles. The number of pyridine rings is 1. The molecule has 0 N–H and O–H groups in total. The number of benzene rings is 1. The SMILES string of the molecule is O=Cc1c(F)cc(Br)c2cccnc12. The van der Waals surface area contributed by atoms with E-state index in [1.807, 2.05) is 0 Å². The van der Waals surface area contributed by atoms with Crippen molar-refractivity contribution in [2.24, 2.45) is 0 Å². The molecule has 70 valence electrons. The van der Waals surface area contributed by atoms with Crippen LogP contribution in [0, 0.1) is 5.82 Å². The summed E-state index contributed by atoms with van der Waals surface area (Å²) in [5.41, 5.74) is 0.387. The van der Waals surface area contributed by atoms with Crippen LogP contribution in [0.3, 0.4) is 0 Å². The second-order valence-electron chi connectivity index (χ2n) is 2.77. The van der Waals surface area contributed by atoms with Gasteiger partial charge in [-0.25, -0.2) is 4.39 Å². The Hall–Kier alpha value is -1.29. The van der Waals surface area contributed by atoms with E-state index in [1.165, 1.54) is 12.3 Å². The molecule has 1 aromatic heterocycles. The molecule has 4 heteroatoms. The molecule has 0 atom stereocenters. The van der Waals surface area contributed by atoms with Gasteiger partial charge in [-0.2, -0.15) is 0 Å². The lowest BCUT2D eigenvalue weighted by molar-refractivity contribution is 0.112. The monoisotopic (exact) mass is 253 g/mol. The maximum atomic E-state index is 13.3. The quantitative estimate of drug-likeness (QED) is 0.732. The maximum absolute atomic E-state index is 13.3. The van der Waals surface area contributed by atoms with E-state index in [0.29, 0.717) is 16.3 Å². The maximum Gasteiger partial charge on any atom is 0.155 e. The Morgan fingerprint density at radius 2 is 2.29 bits per heavy atom. The van der Waals surface area contributed by atoms with E-state index in [1.54, 1.807) is 12.1 Å². The van der Waals surface area contributed by atoms with Gasteiger partial charge in [-0.05, 0) is 28.1 Å². The van der Waals surface area contributed by atoms with Crippen LogP contribution in [0.5, 0.6) is 0 Å². The number of rotatable bonds is 1. The van der Waals surface area contributed by atoms with Crippen LogP contribution in [-0.2, 0) is 0 Å². The molecule has 0 saturated heterocycles. The lowest BCUT2D eigenvalue weighted by atomic mass is 10.1. The average Bonchev–Trinajstić information content (AvgIpc) is 2.18. The molecule has 0 aliphatic rings. The van der Waals surface area contributed by atoms with Gasteiger partial charge in [-0.1, -0.05) is 6.07 Å². The summed E-state index contributed by atoms with van der Waals surface area (Å²) < 4.78 is 13.9. The van der Waals surface area contributed by atoms with Gasteiger partial charge in [0.2, 0.25) is 0 Å². The molecule has 0 spiro atoms. The van der Waals surface area contributed by atoms with Crippen LogP contribution in [0.2, 0.25) is 0 Å². The predicted molar refractivity (Wildman–Crippen MR) is 54.8 cm³/mol. The zero-order chi connectivity index (χ0) is 10.1. The minimum atomic E-state index is -0.557. The third-order valence-corrected chi connectivity index (χ3v) is 2.60. The Morgan fingerprint density at radius 1 is 1.50 bits per heavy atom. The molecule has 0 unspecified atom stereocenters. The normalized spacial score (nSPS) is 10.4. The van der Waals surface area contributed by atoms with Crippen LogP contribution in [0.4, 0.5) is 4.39 Å². The van der Waals surface area contributed by atoms with Gasteiger partial charge >= 0.3 is 0 Å². The summed E-state index contributed by atoms with van der Waals surface area (Å²) in [6.07, 6.45) is 2.01. The highest BCUT2D eigenvalue weighted by Gasteiger charge is 2.10. The van der Waals surface area contributed by atoms with Gasteiger partial charge in [0.1, 0.15) is 5.82 Å². The third kappa shape index (κ3) is 1.32. The molecule has 14 heavy (non-hydrogen) atoms. The van der Waals surface area contributed by atoms with Gasteiger partial charge in [0.25, 0.3) is 0 Å². The first-order valence-electron chi connectivity index (χ1n) is 3.92. The predicted octanol–water partition coefficient (Wildman–Crippen LogP) is 2.95. The molecule has 0 fully saturated rings. The van der Waals surface area contributed by atoms with Gasteiger partial charge in [0, 0.05) is 16.1 Å². The summed E-state index contributed by atoms with van der Waals surface area (Å²) >= 11 is 3.22. The molecule has 0 amide bonds. The molecule has 0 bridgehead atoms. The zero-order valence-electron chi connectivity index (χ0n) is 7.00. The van der Waals surface area contributed by atoms with Crippen molar-refractivity contribution in [3.8, 4) is 0 Å². The average molecular weight is 254 g/mol. The van der Waals surface area contributed by atoms with E-state index in [4.69, 9.17) is 0 Å². The molecular weight excluding hydrogens is 249 g/mol. The van der Waals surface area contributed by atoms with Crippen molar-refractivity contribution in [3.05, 3.63) is 40.2 Å². The molecule has 0 radical (unpaired) electrons. The molecule has 2 rings (SSSR count). The smallest absolute Gasteiger partial charge is 0.155 e. The highest BCUT2D eigenvalue weighted by atomic mass is 79.9. The Balaban J connectivity index is 2.97. The summed E-state index contributed by atoms with van der Waals surface area (Å²) in [5.74, 6) is -0.557. The van der Waals surface area contributed by atoms with Crippen LogP contribution < -0.4 is 0 Å². The van der Waals surface area contributed by atoms with Crippen molar-refractivity contribution >= 4 is 33.1 Å². The van der Waals surface area contributed by atoms with Crippen molar-refractivity contribution in [1.82, 2.24) is 4.98 Å². The first-order valence-corrected chi connectivity index (χ1v) is 4.71. The topological polar surface area (TPSA) is 30.0 Å². The Kier molecular flexibility index (Phi) is 2.29. The lowest BCUT2D eigenvalue weighted by Crippen LogP contribution is -1.92. The van der Waals surface area contributed by atoms with E-state index >= 15 is 0 Å². The van der Waals surface area contributed by atoms with Gasteiger partial charge in [0.05, 0.1) is 11.1 Å². The fourth-order valence-electron chi connectivity index (χ4n) is 1.30. The minimum absolute atomic E-state index is 0.00352. The second kappa shape index (κ2) is 3.46. The van der Waals surface area contributed by atoms with Crippen LogP contribution in [-0.4, -0.2) is 11.3 Å². The number of aromatic nitrogens is 1. The Labute approximate surface area is 87.9 Å². The van der Waals surface area contributed by atoms with Crippen molar-refractivity contribution in [1.29, 1.82) is 0 Å².